The van der Waals surface area contributed by atoms with E-state index in [-0.39, 0.29) is 18.5 Å². The highest BCUT2D eigenvalue weighted by molar-refractivity contribution is 6.03. The molecule has 3 N–H and O–H groups in total. The van der Waals surface area contributed by atoms with Crippen molar-refractivity contribution in [2.24, 2.45) is 10.8 Å². The van der Waals surface area contributed by atoms with Gasteiger partial charge in [-0.3, -0.25) is 9.59 Å². The van der Waals surface area contributed by atoms with Gasteiger partial charge < -0.3 is 19.9 Å². The number of primary amides is 1. The monoisotopic (exact) mass is 428 g/mol. The van der Waals surface area contributed by atoms with Gasteiger partial charge in [0.25, 0.3) is 5.91 Å². The third kappa shape index (κ3) is 3.74. The number of hydrogen-bond donors (Lipinski definition) is 2. The molecule has 4 aromatic rings. The van der Waals surface area contributed by atoms with E-state index in [4.69, 9.17) is 14.6 Å². The Hall–Kier alpha value is -4.33. The second-order valence-electron chi connectivity index (χ2n) is 7.46. The number of nitrogens with zero attached hydrogens (tertiary/aromatic N) is 2. The first-order chi connectivity index (χ1) is 15.6. The molecule has 1 aliphatic rings. The molecule has 1 unspecified atom stereocenters. The lowest BCUT2D eigenvalue weighted by molar-refractivity contribution is -0.131. The predicted octanol–water partition coefficient (Wildman–Crippen LogP) is 3.91. The van der Waals surface area contributed by atoms with Crippen LogP contribution >= 0.6 is 0 Å². The highest BCUT2D eigenvalue weighted by atomic mass is 16.3. The van der Waals surface area contributed by atoms with Gasteiger partial charge in [-0.1, -0.05) is 18.2 Å². The Morgan fingerprint density at radius 1 is 1.09 bits per heavy atom. The van der Waals surface area contributed by atoms with Crippen LogP contribution in [0.15, 0.2) is 86.9 Å². The quantitative estimate of drug-likeness (QED) is 0.483. The van der Waals surface area contributed by atoms with Crippen LogP contribution in [-0.2, 0) is 4.79 Å². The number of nitrogens with two attached hydrogens (primary N) is 1. The van der Waals surface area contributed by atoms with E-state index in [0.29, 0.717) is 34.9 Å². The van der Waals surface area contributed by atoms with Crippen molar-refractivity contribution in [2.75, 3.05) is 11.9 Å². The Bertz CT molecular complexity index is 1270. The smallest absolute Gasteiger partial charge is 0.262 e. The van der Waals surface area contributed by atoms with Gasteiger partial charge in [0.05, 0.1) is 12.8 Å². The van der Waals surface area contributed by atoms with Gasteiger partial charge in [0.2, 0.25) is 5.91 Å². The lowest BCUT2D eigenvalue weighted by Gasteiger charge is -2.20. The Balaban J connectivity index is 1.37. The van der Waals surface area contributed by atoms with Gasteiger partial charge >= 0.3 is 0 Å². The molecule has 2 aromatic heterocycles. The molecule has 32 heavy (non-hydrogen) atoms. The summed E-state index contributed by atoms with van der Waals surface area (Å²) < 4.78 is 11.5. The SMILES string of the molecule is NC(=O)c1ccc(NCC(=O)N2N=C(c3cc4ccccc4o3)CC2c2ccco2)cc1. The molecule has 3 heterocycles. The fraction of sp³-hybridized carbons (Fsp3) is 0.125. The lowest BCUT2D eigenvalue weighted by atomic mass is 10.1. The van der Waals surface area contributed by atoms with Crippen molar-refractivity contribution >= 4 is 34.2 Å². The number of hydrogen-bond acceptors (Lipinski definition) is 6. The van der Waals surface area contributed by atoms with Crippen molar-refractivity contribution in [3.05, 3.63) is 90.1 Å². The van der Waals surface area contributed by atoms with E-state index in [2.05, 4.69) is 10.4 Å². The van der Waals surface area contributed by atoms with Crippen molar-refractivity contribution in [1.82, 2.24) is 5.01 Å². The molecule has 0 radical (unpaired) electrons. The van der Waals surface area contributed by atoms with Crippen LogP contribution in [0.5, 0.6) is 0 Å². The van der Waals surface area contributed by atoms with Crippen LogP contribution in [-0.4, -0.2) is 29.1 Å². The molecule has 0 fully saturated rings. The van der Waals surface area contributed by atoms with E-state index in [1.807, 2.05) is 36.4 Å². The molecule has 0 saturated carbocycles. The first kappa shape index (κ1) is 19.6. The molecule has 5 rings (SSSR count). The van der Waals surface area contributed by atoms with E-state index in [9.17, 15) is 9.59 Å². The zero-order chi connectivity index (χ0) is 22.1. The maximum atomic E-state index is 13.1. The van der Waals surface area contributed by atoms with E-state index < -0.39 is 5.91 Å². The fourth-order valence-electron chi connectivity index (χ4n) is 3.73. The van der Waals surface area contributed by atoms with Crippen LogP contribution in [0.4, 0.5) is 5.69 Å². The highest BCUT2D eigenvalue weighted by Crippen LogP contribution is 2.34. The first-order valence-corrected chi connectivity index (χ1v) is 10.1. The summed E-state index contributed by atoms with van der Waals surface area (Å²) in [6, 6.07) is 19.5. The second-order valence-corrected chi connectivity index (χ2v) is 7.46. The standard InChI is InChI=1S/C24H20N4O4/c25-24(30)15-7-9-17(10-8-15)26-14-23(29)28-19(21-6-3-11-31-21)13-18(27-28)22-12-16-4-1-2-5-20(16)32-22/h1-12,19,26H,13-14H2,(H2,25,30). The van der Waals surface area contributed by atoms with Crippen LogP contribution < -0.4 is 11.1 Å². The Kier molecular flexibility index (Phi) is 4.95. The molecular weight excluding hydrogens is 408 g/mol. The van der Waals surface area contributed by atoms with Gasteiger partial charge in [-0.2, -0.15) is 5.10 Å². The summed E-state index contributed by atoms with van der Waals surface area (Å²) in [5.41, 5.74) is 7.81. The number of furan rings is 2. The fourth-order valence-corrected chi connectivity index (χ4v) is 3.73. The summed E-state index contributed by atoms with van der Waals surface area (Å²) in [5, 5.41) is 10.1. The van der Waals surface area contributed by atoms with Crippen LogP contribution in [0.3, 0.4) is 0 Å². The second kappa shape index (κ2) is 8.07. The molecule has 1 atom stereocenters. The molecule has 0 spiro atoms. The summed E-state index contributed by atoms with van der Waals surface area (Å²) in [5.74, 6) is 0.557. The molecule has 1 aliphatic heterocycles. The predicted molar refractivity (Wildman–Crippen MR) is 119 cm³/mol. The molecule has 8 heteroatoms. The van der Waals surface area contributed by atoms with Crippen molar-refractivity contribution in [3.8, 4) is 0 Å². The van der Waals surface area contributed by atoms with Gasteiger partial charge in [0.15, 0.2) is 5.76 Å². The zero-order valence-corrected chi connectivity index (χ0v) is 17.0. The molecular formula is C24H20N4O4. The number of rotatable bonds is 6. The molecule has 160 valence electrons. The molecule has 8 nitrogen and oxygen atoms in total. The zero-order valence-electron chi connectivity index (χ0n) is 17.0. The molecule has 0 aliphatic carbocycles. The Morgan fingerprint density at radius 2 is 1.91 bits per heavy atom. The highest BCUT2D eigenvalue weighted by Gasteiger charge is 2.35. The third-order valence-corrected chi connectivity index (χ3v) is 5.36. The number of benzene rings is 2. The van der Waals surface area contributed by atoms with E-state index in [1.54, 1.807) is 36.6 Å². The van der Waals surface area contributed by atoms with Crippen LogP contribution in [0.25, 0.3) is 11.0 Å². The largest absolute Gasteiger partial charge is 0.467 e. The summed E-state index contributed by atoms with van der Waals surface area (Å²) >= 11 is 0. The summed E-state index contributed by atoms with van der Waals surface area (Å²) in [4.78, 5) is 24.3. The number of amides is 2. The number of carbonyl (C=O) groups is 2. The minimum absolute atomic E-state index is 0.0179. The average Bonchev–Trinajstić information content (AvgIpc) is 3.56. The number of carbonyl (C=O) groups excluding carboxylic acids is 2. The maximum Gasteiger partial charge on any atom is 0.262 e. The third-order valence-electron chi connectivity index (χ3n) is 5.36. The average molecular weight is 428 g/mol. The number of anilines is 1. The van der Waals surface area contributed by atoms with Crippen molar-refractivity contribution in [3.63, 3.8) is 0 Å². The van der Waals surface area contributed by atoms with Gasteiger partial charge in [-0.25, -0.2) is 5.01 Å². The van der Waals surface area contributed by atoms with Crippen LogP contribution in [0, 0.1) is 0 Å². The van der Waals surface area contributed by atoms with Gasteiger partial charge in [-0.15, -0.1) is 0 Å². The normalized spacial score (nSPS) is 15.7. The van der Waals surface area contributed by atoms with Crippen LogP contribution in [0.2, 0.25) is 0 Å². The summed E-state index contributed by atoms with van der Waals surface area (Å²) in [6.07, 6.45) is 2.06. The summed E-state index contributed by atoms with van der Waals surface area (Å²) in [6.45, 7) is 0.0179. The van der Waals surface area contributed by atoms with Crippen molar-refractivity contribution in [2.45, 2.75) is 12.5 Å². The summed E-state index contributed by atoms with van der Waals surface area (Å²) in [7, 11) is 0. The van der Waals surface area contributed by atoms with E-state index in [1.165, 1.54) is 5.01 Å². The van der Waals surface area contributed by atoms with Gasteiger partial charge in [0, 0.05) is 23.1 Å². The lowest BCUT2D eigenvalue weighted by Crippen LogP contribution is -2.32. The first-order valence-electron chi connectivity index (χ1n) is 10.1. The molecule has 2 aromatic carbocycles. The maximum absolute atomic E-state index is 13.1. The van der Waals surface area contributed by atoms with E-state index in [0.717, 1.165) is 11.0 Å². The van der Waals surface area contributed by atoms with Crippen LogP contribution in [0.1, 0.15) is 34.3 Å². The minimum atomic E-state index is -0.501. The van der Waals surface area contributed by atoms with Crippen molar-refractivity contribution < 1.29 is 18.4 Å². The number of hydrazone groups is 1. The topological polar surface area (TPSA) is 114 Å². The molecule has 2 amide bonds. The number of fused-ring (bicyclic) bond motifs is 1. The number of nitrogens with one attached hydrogen (secondary N) is 1. The van der Waals surface area contributed by atoms with E-state index >= 15 is 0 Å². The Labute approximate surface area is 183 Å². The molecule has 0 saturated heterocycles. The van der Waals surface area contributed by atoms with Crippen molar-refractivity contribution in [1.29, 1.82) is 0 Å². The van der Waals surface area contributed by atoms with Gasteiger partial charge in [-0.05, 0) is 48.5 Å². The Morgan fingerprint density at radius 3 is 2.62 bits per heavy atom. The van der Waals surface area contributed by atoms with Gasteiger partial charge in [0.1, 0.15) is 23.1 Å². The minimum Gasteiger partial charge on any atom is -0.467 e. The molecule has 0 bridgehead atoms. The number of para-hydroxylation sites is 1.